The van der Waals surface area contributed by atoms with Gasteiger partial charge in [0.1, 0.15) is 0 Å². The van der Waals surface area contributed by atoms with Crippen molar-refractivity contribution in [1.82, 2.24) is 5.32 Å². The van der Waals surface area contributed by atoms with Crippen LogP contribution in [-0.4, -0.2) is 6.04 Å². The summed E-state index contributed by atoms with van der Waals surface area (Å²) in [5.41, 5.74) is 1.39. The molecule has 1 saturated carbocycles. The maximum Gasteiger partial charge on any atom is 0.0208 e. The summed E-state index contributed by atoms with van der Waals surface area (Å²) < 4.78 is 0. The minimum absolute atomic E-state index is 0.783. The van der Waals surface area contributed by atoms with Gasteiger partial charge >= 0.3 is 0 Å². The van der Waals surface area contributed by atoms with Crippen molar-refractivity contribution in [2.24, 2.45) is 5.92 Å². The minimum Gasteiger partial charge on any atom is -0.310 e. The van der Waals surface area contributed by atoms with E-state index in [0.717, 1.165) is 18.5 Å². The van der Waals surface area contributed by atoms with Gasteiger partial charge in [0.25, 0.3) is 0 Å². The largest absolute Gasteiger partial charge is 0.310 e. The fourth-order valence-corrected chi connectivity index (χ4v) is 1.45. The van der Waals surface area contributed by atoms with Crippen LogP contribution in [0.3, 0.4) is 0 Å². The van der Waals surface area contributed by atoms with E-state index in [9.17, 15) is 0 Å². The van der Waals surface area contributed by atoms with Crippen molar-refractivity contribution < 1.29 is 0 Å². The smallest absolute Gasteiger partial charge is 0.0208 e. The zero-order valence-electron chi connectivity index (χ0n) is 7.46. The Kier molecular flexibility index (Phi) is 2.13. The minimum atomic E-state index is 0.783. The molecule has 1 nitrogen and oxygen atoms in total. The molecule has 2 rings (SSSR count). The van der Waals surface area contributed by atoms with Crippen LogP contribution in [-0.2, 0) is 6.54 Å². The normalized spacial score (nSPS) is 27.1. The molecule has 0 bridgehead atoms. The molecule has 0 heterocycles. The van der Waals surface area contributed by atoms with E-state index in [-0.39, 0.29) is 0 Å². The molecule has 0 aromatic heterocycles. The fourth-order valence-electron chi connectivity index (χ4n) is 1.45. The molecule has 0 aliphatic heterocycles. The van der Waals surface area contributed by atoms with Crippen molar-refractivity contribution in [3.05, 3.63) is 35.9 Å². The maximum atomic E-state index is 3.52. The Labute approximate surface area is 73.8 Å². The van der Waals surface area contributed by atoms with Gasteiger partial charge in [-0.2, -0.15) is 0 Å². The third kappa shape index (κ3) is 1.86. The van der Waals surface area contributed by atoms with E-state index in [0.29, 0.717) is 0 Å². The number of hydrogen-bond acceptors (Lipinski definition) is 1. The zero-order valence-corrected chi connectivity index (χ0v) is 7.46. The van der Waals surface area contributed by atoms with Gasteiger partial charge in [-0.25, -0.2) is 0 Å². The van der Waals surface area contributed by atoms with Crippen molar-refractivity contribution >= 4 is 0 Å². The average Bonchev–Trinajstić information content (AvgIpc) is 2.81. The molecule has 1 aromatic rings. The molecule has 0 amide bonds. The van der Waals surface area contributed by atoms with Gasteiger partial charge in [-0.1, -0.05) is 37.3 Å². The molecule has 1 aliphatic rings. The van der Waals surface area contributed by atoms with Gasteiger partial charge in [-0.15, -0.1) is 0 Å². The summed E-state index contributed by atoms with van der Waals surface area (Å²) in [5.74, 6) is 0.897. The molecular formula is C11H15N. The van der Waals surface area contributed by atoms with E-state index in [2.05, 4.69) is 42.6 Å². The van der Waals surface area contributed by atoms with Crippen molar-refractivity contribution in [1.29, 1.82) is 0 Å². The summed E-state index contributed by atoms with van der Waals surface area (Å²) in [5, 5.41) is 3.52. The Bertz CT molecular complexity index is 242. The van der Waals surface area contributed by atoms with Gasteiger partial charge < -0.3 is 5.32 Å². The SMILES string of the molecule is C[C@H]1CC1NCc1ccccc1. The molecule has 1 heteroatoms. The first-order valence-electron chi connectivity index (χ1n) is 4.63. The van der Waals surface area contributed by atoms with Crippen LogP contribution < -0.4 is 5.32 Å². The first-order valence-corrected chi connectivity index (χ1v) is 4.63. The van der Waals surface area contributed by atoms with Crippen LogP contribution in [0.2, 0.25) is 0 Å². The summed E-state index contributed by atoms with van der Waals surface area (Å²) in [6.45, 7) is 3.32. The number of hydrogen-bond donors (Lipinski definition) is 1. The Morgan fingerprint density at radius 2 is 2.00 bits per heavy atom. The van der Waals surface area contributed by atoms with Crippen molar-refractivity contribution in [3.63, 3.8) is 0 Å². The lowest BCUT2D eigenvalue weighted by atomic mass is 10.2. The molecule has 1 unspecified atom stereocenters. The Morgan fingerprint density at radius 3 is 2.58 bits per heavy atom. The number of rotatable bonds is 3. The molecule has 0 saturated heterocycles. The van der Waals surface area contributed by atoms with Crippen LogP contribution in [0.15, 0.2) is 30.3 Å². The second-order valence-electron chi connectivity index (χ2n) is 3.69. The first kappa shape index (κ1) is 7.81. The third-order valence-corrected chi connectivity index (χ3v) is 2.52. The molecule has 1 N–H and O–H groups in total. The first-order chi connectivity index (χ1) is 5.86. The molecular weight excluding hydrogens is 146 g/mol. The lowest BCUT2D eigenvalue weighted by Crippen LogP contribution is -2.16. The highest BCUT2D eigenvalue weighted by molar-refractivity contribution is 5.14. The van der Waals surface area contributed by atoms with Gasteiger partial charge in [0.15, 0.2) is 0 Å². The topological polar surface area (TPSA) is 12.0 Å². The molecule has 0 spiro atoms. The average molecular weight is 161 g/mol. The molecule has 1 aromatic carbocycles. The van der Waals surface area contributed by atoms with Crippen LogP contribution in [0, 0.1) is 5.92 Å². The predicted octanol–water partition coefficient (Wildman–Crippen LogP) is 2.18. The van der Waals surface area contributed by atoms with Crippen molar-refractivity contribution in [2.75, 3.05) is 0 Å². The molecule has 1 fully saturated rings. The summed E-state index contributed by atoms with van der Waals surface area (Å²) >= 11 is 0. The van der Waals surface area contributed by atoms with Gasteiger partial charge in [0.05, 0.1) is 0 Å². The third-order valence-electron chi connectivity index (χ3n) is 2.52. The molecule has 64 valence electrons. The van der Waals surface area contributed by atoms with E-state index < -0.39 is 0 Å². The molecule has 1 aliphatic carbocycles. The van der Waals surface area contributed by atoms with Crippen LogP contribution >= 0.6 is 0 Å². The second kappa shape index (κ2) is 3.28. The van der Waals surface area contributed by atoms with Crippen molar-refractivity contribution in [3.8, 4) is 0 Å². The standard InChI is InChI=1S/C11H15N/c1-9-7-11(9)12-8-10-5-3-2-4-6-10/h2-6,9,11-12H,7-8H2,1H3/t9-,11?/m0/s1. The van der Waals surface area contributed by atoms with E-state index in [1.54, 1.807) is 0 Å². The predicted molar refractivity (Wildman–Crippen MR) is 50.9 cm³/mol. The lowest BCUT2D eigenvalue weighted by molar-refractivity contribution is 0.652. The van der Waals surface area contributed by atoms with Crippen LogP contribution in [0.4, 0.5) is 0 Å². The fraction of sp³-hybridized carbons (Fsp3) is 0.455. The number of benzene rings is 1. The Balaban J connectivity index is 1.80. The van der Waals surface area contributed by atoms with E-state index in [1.165, 1.54) is 12.0 Å². The highest BCUT2D eigenvalue weighted by Gasteiger charge is 2.31. The highest BCUT2D eigenvalue weighted by atomic mass is 15.0. The van der Waals surface area contributed by atoms with Gasteiger partial charge in [-0.3, -0.25) is 0 Å². The molecule has 12 heavy (non-hydrogen) atoms. The highest BCUT2D eigenvalue weighted by Crippen LogP contribution is 2.29. The summed E-state index contributed by atoms with van der Waals surface area (Å²) in [6.07, 6.45) is 1.35. The van der Waals surface area contributed by atoms with Gasteiger partial charge in [-0.05, 0) is 17.9 Å². The molecule has 2 atom stereocenters. The van der Waals surface area contributed by atoms with E-state index >= 15 is 0 Å². The van der Waals surface area contributed by atoms with E-state index in [4.69, 9.17) is 0 Å². The Hall–Kier alpha value is -0.820. The van der Waals surface area contributed by atoms with Crippen molar-refractivity contribution in [2.45, 2.75) is 25.9 Å². The Morgan fingerprint density at radius 1 is 1.33 bits per heavy atom. The van der Waals surface area contributed by atoms with Crippen LogP contribution in [0.1, 0.15) is 18.9 Å². The maximum absolute atomic E-state index is 3.52. The van der Waals surface area contributed by atoms with Gasteiger partial charge in [0, 0.05) is 12.6 Å². The lowest BCUT2D eigenvalue weighted by Gasteiger charge is -2.02. The summed E-state index contributed by atoms with van der Waals surface area (Å²) in [4.78, 5) is 0. The molecule has 0 radical (unpaired) electrons. The van der Waals surface area contributed by atoms with Crippen LogP contribution in [0.25, 0.3) is 0 Å². The van der Waals surface area contributed by atoms with E-state index in [1.807, 2.05) is 0 Å². The monoisotopic (exact) mass is 161 g/mol. The zero-order chi connectivity index (χ0) is 8.39. The van der Waals surface area contributed by atoms with Crippen LogP contribution in [0.5, 0.6) is 0 Å². The summed E-state index contributed by atoms with van der Waals surface area (Å²) in [6, 6.07) is 11.4. The quantitative estimate of drug-likeness (QED) is 0.716. The second-order valence-corrected chi connectivity index (χ2v) is 3.69. The number of nitrogens with one attached hydrogen (secondary N) is 1. The summed E-state index contributed by atoms with van der Waals surface area (Å²) in [7, 11) is 0. The van der Waals surface area contributed by atoms with Gasteiger partial charge in [0.2, 0.25) is 0 Å².